The topological polar surface area (TPSA) is 41.6 Å². The van der Waals surface area contributed by atoms with Crippen molar-refractivity contribution in [1.82, 2.24) is 10.2 Å². The second-order valence-corrected chi connectivity index (χ2v) is 5.60. The zero-order valence-corrected chi connectivity index (χ0v) is 12.7. The zero-order chi connectivity index (χ0) is 13.7. The molecule has 0 spiro atoms. The minimum atomic E-state index is 0.0584. The molecule has 1 aliphatic rings. The Morgan fingerprint density at radius 1 is 1.42 bits per heavy atom. The van der Waals surface area contributed by atoms with E-state index in [0.29, 0.717) is 0 Å². The van der Waals surface area contributed by atoms with Crippen molar-refractivity contribution in [2.75, 3.05) is 32.8 Å². The monoisotopic (exact) mass is 326 g/mol. The van der Waals surface area contributed by atoms with Gasteiger partial charge in [-0.25, -0.2) is 0 Å². The Balaban J connectivity index is 1.90. The minimum absolute atomic E-state index is 0.0584. The van der Waals surface area contributed by atoms with Crippen LogP contribution in [0.3, 0.4) is 0 Å². The molecule has 1 N–H and O–H groups in total. The van der Waals surface area contributed by atoms with Gasteiger partial charge in [0.15, 0.2) is 6.61 Å². The van der Waals surface area contributed by atoms with E-state index in [4.69, 9.17) is 4.74 Å². The highest BCUT2D eigenvalue weighted by atomic mass is 79.9. The highest BCUT2D eigenvalue weighted by molar-refractivity contribution is 9.10. The SMILES string of the molecule is Cc1ccc(Br)cc1OCC(=O)N1CCCNCC1. The number of nitrogens with one attached hydrogen (secondary N) is 1. The molecule has 104 valence electrons. The molecule has 0 aliphatic carbocycles. The van der Waals surface area contributed by atoms with Crippen LogP contribution < -0.4 is 10.1 Å². The van der Waals surface area contributed by atoms with Crippen LogP contribution in [-0.4, -0.2) is 43.6 Å². The van der Waals surface area contributed by atoms with Gasteiger partial charge < -0.3 is 15.0 Å². The molecule has 0 unspecified atom stereocenters. The first-order valence-electron chi connectivity index (χ1n) is 6.54. The lowest BCUT2D eigenvalue weighted by Crippen LogP contribution is -2.37. The van der Waals surface area contributed by atoms with E-state index in [0.717, 1.165) is 48.4 Å². The average molecular weight is 327 g/mol. The lowest BCUT2D eigenvalue weighted by Gasteiger charge is -2.20. The van der Waals surface area contributed by atoms with Gasteiger partial charge >= 0.3 is 0 Å². The first kappa shape index (κ1) is 14.3. The van der Waals surface area contributed by atoms with Gasteiger partial charge in [0, 0.05) is 24.1 Å². The number of amides is 1. The summed E-state index contributed by atoms with van der Waals surface area (Å²) >= 11 is 3.41. The number of carbonyl (C=O) groups is 1. The standard InChI is InChI=1S/C14H19BrN2O2/c1-11-3-4-12(15)9-13(11)19-10-14(18)17-7-2-5-16-6-8-17/h3-4,9,16H,2,5-8,10H2,1H3. The fraction of sp³-hybridized carbons (Fsp3) is 0.500. The molecule has 0 aromatic heterocycles. The Labute approximate surface area is 122 Å². The number of hydrogen-bond acceptors (Lipinski definition) is 3. The fourth-order valence-electron chi connectivity index (χ4n) is 2.06. The molecule has 1 fully saturated rings. The van der Waals surface area contributed by atoms with Crippen molar-refractivity contribution >= 4 is 21.8 Å². The lowest BCUT2D eigenvalue weighted by atomic mass is 10.2. The Morgan fingerprint density at radius 2 is 2.26 bits per heavy atom. The van der Waals surface area contributed by atoms with E-state index >= 15 is 0 Å². The van der Waals surface area contributed by atoms with E-state index in [1.54, 1.807) is 0 Å². The third-order valence-corrected chi connectivity index (χ3v) is 3.69. The maximum atomic E-state index is 12.1. The van der Waals surface area contributed by atoms with Gasteiger partial charge in [-0.15, -0.1) is 0 Å². The minimum Gasteiger partial charge on any atom is -0.483 e. The van der Waals surface area contributed by atoms with Gasteiger partial charge in [0.2, 0.25) is 0 Å². The highest BCUT2D eigenvalue weighted by Crippen LogP contribution is 2.22. The first-order valence-corrected chi connectivity index (χ1v) is 7.33. The van der Waals surface area contributed by atoms with Crippen LogP contribution in [0.15, 0.2) is 22.7 Å². The van der Waals surface area contributed by atoms with Gasteiger partial charge in [0.25, 0.3) is 5.91 Å². The van der Waals surface area contributed by atoms with Crippen LogP contribution in [0.25, 0.3) is 0 Å². The number of halogens is 1. The van der Waals surface area contributed by atoms with E-state index < -0.39 is 0 Å². The Morgan fingerprint density at radius 3 is 3.11 bits per heavy atom. The molecule has 1 amide bonds. The molecular formula is C14H19BrN2O2. The van der Waals surface area contributed by atoms with Crippen molar-refractivity contribution < 1.29 is 9.53 Å². The molecule has 19 heavy (non-hydrogen) atoms. The number of hydrogen-bond donors (Lipinski definition) is 1. The summed E-state index contributed by atoms with van der Waals surface area (Å²) in [6, 6.07) is 5.83. The van der Waals surface area contributed by atoms with Crippen molar-refractivity contribution in [3.63, 3.8) is 0 Å². The van der Waals surface area contributed by atoms with Gasteiger partial charge in [-0.05, 0) is 37.6 Å². The first-order chi connectivity index (χ1) is 9.16. The predicted molar refractivity (Wildman–Crippen MR) is 78.4 cm³/mol. The zero-order valence-electron chi connectivity index (χ0n) is 11.1. The lowest BCUT2D eigenvalue weighted by molar-refractivity contribution is -0.133. The Hall–Kier alpha value is -1.07. The van der Waals surface area contributed by atoms with Gasteiger partial charge in [-0.3, -0.25) is 4.79 Å². The van der Waals surface area contributed by atoms with Crippen molar-refractivity contribution in [3.05, 3.63) is 28.2 Å². The van der Waals surface area contributed by atoms with Gasteiger partial charge in [-0.1, -0.05) is 22.0 Å². The summed E-state index contributed by atoms with van der Waals surface area (Å²) in [6.45, 7) is 5.50. The van der Waals surface area contributed by atoms with E-state index in [9.17, 15) is 4.79 Å². The van der Waals surface area contributed by atoms with Gasteiger partial charge in [0.05, 0.1) is 0 Å². The largest absolute Gasteiger partial charge is 0.483 e. The third-order valence-electron chi connectivity index (χ3n) is 3.19. The molecule has 0 radical (unpaired) electrons. The third kappa shape index (κ3) is 4.21. The molecule has 5 heteroatoms. The molecule has 1 saturated heterocycles. The van der Waals surface area contributed by atoms with Crippen LogP contribution in [0.5, 0.6) is 5.75 Å². The maximum absolute atomic E-state index is 12.1. The van der Waals surface area contributed by atoms with Gasteiger partial charge in [-0.2, -0.15) is 0 Å². The molecule has 2 rings (SSSR count). The van der Waals surface area contributed by atoms with Crippen LogP contribution in [0.2, 0.25) is 0 Å². The molecule has 1 aromatic carbocycles. The molecule has 0 saturated carbocycles. The van der Waals surface area contributed by atoms with Crippen molar-refractivity contribution in [3.8, 4) is 5.75 Å². The summed E-state index contributed by atoms with van der Waals surface area (Å²) in [6.07, 6.45) is 1.00. The quantitative estimate of drug-likeness (QED) is 0.923. The van der Waals surface area contributed by atoms with Crippen molar-refractivity contribution in [2.24, 2.45) is 0 Å². The summed E-state index contributed by atoms with van der Waals surface area (Å²) in [7, 11) is 0. The second kappa shape index (κ2) is 6.91. The number of aryl methyl sites for hydroxylation is 1. The van der Waals surface area contributed by atoms with E-state index in [1.165, 1.54) is 0 Å². The van der Waals surface area contributed by atoms with Crippen molar-refractivity contribution in [2.45, 2.75) is 13.3 Å². The summed E-state index contributed by atoms with van der Waals surface area (Å²) in [4.78, 5) is 14.0. The molecule has 0 bridgehead atoms. The van der Waals surface area contributed by atoms with Crippen LogP contribution >= 0.6 is 15.9 Å². The maximum Gasteiger partial charge on any atom is 0.260 e. The number of rotatable bonds is 3. The summed E-state index contributed by atoms with van der Waals surface area (Å²) in [5.74, 6) is 0.818. The molecular weight excluding hydrogens is 308 g/mol. The van der Waals surface area contributed by atoms with E-state index in [2.05, 4.69) is 21.2 Å². The Kier molecular flexibility index (Phi) is 5.22. The summed E-state index contributed by atoms with van der Waals surface area (Å²) in [5.41, 5.74) is 1.04. The van der Waals surface area contributed by atoms with Crippen LogP contribution in [0, 0.1) is 6.92 Å². The van der Waals surface area contributed by atoms with Crippen LogP contribution in [-0.2, 0) is 4.79 Å². The highest BCUT2D eigenvalue weighted by Gasteiger charge is 2.16. The molecule has 0 atom stereocenters. The second-order valence-electron chi connectivity index (χ2n) is 4.68. The van der Waals surface area contributed by atoms with E-state index in [-0.39, 0.29) is 12.5 Å². The average Bonchev–Trinajstić information content (AvgIpc) is 2.68. The molecule has 1 heterocycles. The number of benzene rings is 1. The molecule has 1 aliphatic heterocycles. The van der Waals surface area contributed by atoms with E-state index in [1.807, 2.05) is 30.0 Å². The van der Waals surface area contributed by atoms with Crippen LogP contribution in [0.1, 0.15) is 12.0 Å². The summed E-state index contributed by atoms with van der Waals surface area (Å²) < 4.78 is 6.59. The smallest absolute Gasteiger partial charge is 0.260 e. The number of ether oxygens (including phenoxy) is 1. The summed E-state index contributed by atoms with van der Waals surface area (Å²) in [5, 5.41) is 3.28. The number of nitrogens with zero attached hydrogens (tertiary/aromatic N) is 1. The van der Waals surface area contributed by atoms with Gasteiger partial charge in [0.1, 0.15) is 5.75 Å². The normalized spacial score (nSPS) is 16.0. The molecule has 4 nitrogen and oxygen atoms in total. The predicted octanol–water partition coefficient (Wildman–Crippen LogP) is 1.96. The number of carbonyl (C=O) groups excluding carboxylic acids is 1. The Bertz CT molecular complexity index is 443. The van der Waals surface area contributed by atoms with Crippen molar-refractivity contribution in [1.29, 1.82) is 0 Å². The molecule has 1 aromatic rings. The van der Waals surface area contributed by atoms with Crippen LogP contribution in [0.4, 0.5) is 0 Å². The fourth-order valence-corrected chi connectivity index (χ4v) is 2.40.